The third-order valence-electron chi connectivity index (χ3n) is 4.04. The molecule has 0 bridgehead atoms. The average Bonchev–Trinajstić information content (AvgIpc) is 2.73. The van der Waals surface area contributed by atoms with Crippen molar-refractivity contribution in [3.05, 3.63) is 97.9 Å². The number of nitrogens with zero attached hydrogens (tertiary/aromatic N) is 1. The van der Waals surface area contributed by atoms with Gasteiger partial charge in [-0.3, -0.25) is 5.43 Å². The number of halogens is 3. The van der Waals surface area contributed by atoms with Gasteiger partial charge in [0.1, 0.15) is 12.4 Å². The molecule has 0 radical (unpaired) electrons. The Hall–Kier alpha value is -2.12. The minimum absolute atomic E-state index is 0.308. The number of nitrogens with one attached hydrogen (secondary N) is 2. The van der Waals surface area contributed by atoms with Crippen LogP contribution in [0, 0.1) is 0 Å². The molecular formula is C22H18BrCl2N3OS. The van der Waals surface area contributed by atoms with Crippen LogP contribution in [0.3, 0.4) is 0 Å². The quantitative estimate of drug-likeness (QED) is 0.216. The minimum Gasteiger partial charge on any atom is -0.488 e. The van der Waals surface area contributed by atoms with E-state index in [4.69, 9.17) is 40.2 Å². The van der Waals surface area contributed by atoms with E-state index in [0.717, 1.165) is 21.2 Å². The second kappa shape index (κ2) is 11.3. The maximum absolute atomic E-state index is 6.22. The number of benzene rings is 3. The summed E-state index contributed by atoms with van der Waals surface area (Å²) in [6.07, 6.45) is 1.65. The predicted octanol–water partition coefficient (Wildman–Crippen LogP) is 6.33. The first-order valence-electron chi connectivity index (χ1n) is 8.98. The molecule has 4 nitrogen and oxygen atoms in total. The van der Waals surface area contributed by atoms with Gasteiger partial charge in [-0.2, -0.15) is 5.10 Å². The van der Waals surface area contributed by atoms with Crippen LogP contribution in [0.5, 0.6) is 5.75 Å². The molecule has 0 aliphatic rings. The highest BCUT2D eigenvalue weighted by molar-refractivity contribution is 9.10. The molecule has 3 rings (SSSR count). The van der Waals surface area contributed by atoms with Gasteiger partial charge < -0.3 is 10.1 Å². The summed E-state index contributed by atoms with van der Waals surface area (Å²) >= 11 is 20.9. The Bertz CT molecular complexity index is 1050. The molecule has 0 aliphatic carbocycles. The van der Waals surface area contributed by atoms with Crippen LogP contribution in [0.15, 0.2) is 76.3 Å². The van der Waals surface area contributed by atoms with Crippen LogP contribution in [-0.4, -0.2) is 11.3 Å². The van der Waals surface area contributed by atoms with E-state index in [-0.39, 0.29) is 0 Å². The molecule has 2 N–H and O–H groups in total. The highest BCUT2D eigenvalue weighted by Crippen LogP contribution is 2.25. The van der Waals surface area contributed by atoms with Crippen LogP contribution >= 0.6 is 51.3 Å². The predicted molar refractivity (Wildman–Crippen MR) is 132 cm³/mol. The molecule has 0 aromatic heterocycles. The topological polar surface area (TPSA) is 45.7 Å². The molecule has 3 aromatic carbocycles. The van der Waals surface area contributed by atoms with Crippen LogP contribution in [0.25, 0.3) is 0 Å². The first-order chi connectivity index (χ1) is 14.5. The standard InChI is InChI=1S/C22H18BrCl2N3OS/c23-18-7-9-21(29-14-16-6-8-19(24)11-20(16)25)17(10-18)13-27-28-22(30)26-12-15-4-2-1-3-5-15/h1-11,13H,12,14H2,(H2,26,28,30)/b27-13+. The fraction of sp³-hybridized carbons (Fsp3) is 0.0909. The molecule has 0 spiro atoms. The van der Waals surface area contributed by atoms with Gasteiger partial charge in [-0.1, -0.05) is 75.5 Å². The van der Waals surface area contributed by atoms with E-state index >= 15 is 0 Å². The fourth-order valence-electron chi connectivity index (χ4n) is 2.52. The highest BCUT2D eigenvalue weighted by atomic mass is 79.9. The van der Waals surface area contributed by atoms with Crippen molar-refractivity contribution in [3.8, 4) is 5.75 Å². The van der Waals surface area contributed by atoms with Crippen molar-refractivity contribution in [1.82, 2.24) is 10.7 Å². The number of thiocarbonyl (C=S) groups is 1. The van der Waals surface area contributed by atoms with Gasteiger partial charge in [0.15, 0.2) is 5.11 Å². The summed E-state index contributed by atoms with van der Waals surface area (Å²) in [6, 6.07) is 21.0. The van der Waals surface area contributed by atoms with E-state index in [0.29, 0.717) is 34.1 Å². The van der Waals surface area contributed by atoms with E-state index in [1.807, 2.05) is 54.6 Å². The lowest BCUT2D eigenvalue weighted by atomic mass is 10.2. The van der Waals surface area contributed by atoms with Gasteiger partial charge in [0.05, 0.1) is 6.21 Å². The molecule has 0 saturated heterocycles. The Labute approximate surface area is 199 Å². The number of ether oxygens (including phenoxy) is 1. The maximum atomic E-state index is 6.22. The molecule has 0 heterocycles. The van der Waals surface area contributed by atoms with Gasteiger partial charge in [0, 0.05) is 32.2 Å². The Balaban J connectivity index is 1.59. The highest BCUT2D eigenvalue weighted by Gasteiger charge is 2.06. The van der Waals surface area contributed by atoms with E-state index < -0.39 is 0 Å². The van der Waals surface area contributed by atoms with Crippen molar-refractivity contribution >= 4 is 62.7 Å². The van der Waals surface area contributed by atoms with E-state index in [1.54, 1.807) is 18.3 Å². The van der Waals surface area contributed by atoms with Gasteiger partial charge in [-0.15, -0.1) is 0 Å². The molecule has 0 fully saturated rings. The Morgan fingerprint density at radius 3 is 2.63 bits per heavy atom. The summed E-state index contributed by atoms with van der Waals surface area (Å²) in [5, 5.41) is 8.90. The number of rotatable bonds is 7. The summed E-state index contributed by atoms with van der Waals surface area (Å²) in [5.41, 5.74) is 5.58. The molecule has 8 heteroatoms. The summed E-state index contributed by atoms with van der Waals surface area (Å²) < 4.78 is 6.85. The minimum atomic E-state index is 0.308. The van der Waals surface area contributed by atoms with Gasteiger partial charge in [-0.05, 0) is 48.1 Å². The van der Waals surface area contributed by atoms with Gasteiger partial charge >= 0.3 is 0 Å². The number of hydrogen-bond acceptors (Lipinski definition) is 3. The molecule has 30 heavy (non-hydrogen) atoms. The molecule has 0 unspecified atom stereocenters. The second-order valence-electron chi connectivity index (χ2n) is 6.24. The smallest absolute Gasteiger partial charge is 0.187 e. The second-order valence-corrected chi connectivity index (χ2v) is 8.41. The van der Waals surface area contributed by atoms with E-state index in [1.165, 1.54) is 0 Å². The van der Waals surface area contributed by atoms with E-state index in [9.17, 15) is 0 Å². The lowest BCUT2D eigenvalue weighted by Crippen LogP contribution is -2.31. The van der Waals surface area contributed by atoms with Gasteiger partial charge in [-0.25, -0.2) is 0 Å². The van der Waals surface area contributed by atoms with Crippen LogP contribution in [0.4, 0.5) is 0 Å². The van der Waals surface area contributed by atoms with Crippen molar-refractivity contribution in [1.29, 1.82) is 0 Å². The van der Waals surface area contributed by atoms with Gasteiger partial charge in [0.2, 0.25) is 0 Å². The summed E-state index contributed by atoms with van der Waals surface area (Å²) in [4.78, 5) is 0. The molecule has 0 atom stereocenters. The first kappa shape index (κ1) is 22.6. The van der Waals surface area contributed by atoms with Crippen LogP contribution in [0.2, 0.25) is 10.0 Å². The summed E-state index contributed by atoms with van der Waals surface area (Å²) in [7, 11) is 0. The zero-order valence-electron chi connectivity index (χ0n) is 15.7. The largest absolute Gasteiger partial charge is 0.488 e. The fourth-order valence-corrected chi connectivity index (χ4v) is 3.49. The third kappa shape index (κ3) is 6.99. The monoisotopic (exact) mass is 521 g/mol. The molecule has 0 amide bonds. The number of hydrogen-bond donors (Lipinski definition) is 2. The average molecular weight is 523 g/mol. The van der Waals surface area contributed by atoms with Crippen LogP contribution in [0.1, 0.15) is 16.7 Å². The SMILES string of the molecule is S=C(NCc1ccccc1)N/N=C/c1cc(Br)ccc1OCc1ccc(Cl)cc1Cl. The van der Waals surface area contributed by atoms with Crippen LogP contribution < -0.4 is 15.5 Å². The lowest BCUT2D eigenvalue weighted by molar-refractivity contribution is 0.306. The molecule has 0 saturated carbocycles. The Morgan fingerprint density at radius 2 is 1.87 bits per heavy atom. The maximum Gasteiger partial charge on any atom is 0.187 e. The van der Waals surface area contributed by atoms with Crippen molar-refractivity contribution in [2.24, 2.45) is 5.10 Å². The van der Waals surface area contributed by atoms with Gasteiger partial charge in [0.25, 0.3) is 0 Å². The number of hydrazone groups is 1. The molecular weight excluding hydrogens is 505 g/mol. The van der Waals surface area contributed by atoms with Crippen molar-refractivity contribution in [2.45, 2.75) is 13.2 Å². The zero-order chi connectivity index (χ0) is 21.3. The van der Waals surface area contributed by atoms with Crippen LogP contribution in [-0.2, 0) is 13.2 Å². The lowest BCUT2D eigenvalue weighted by Gasteiger charge is -2.11. The van der Waals surface area contributed by atoms with Crippen molar-refractivity contribution in [3.63, 3.8) is 0 Å². The van der Waals surface area contributed by atoms with E-state index in [2.05, 4.69) is 31.8 Å². The molecule has 3 aromatic rings. The summed E-state index contributed by atoms with van der Waals surface area (Å²) in [6.45, 7) is 0.929. The Kier molecular flexibility index (Phi) is 8.51. The normalized spacial score (nSPS) is 10.8. The molecule has 154 valence electrons. The first-order valence-corrected chi connectivity index (χ1v) is 10.9. The molecule has 0 aliphatic heterocycles. The van der Waals surface area contributed by atoms with Crippen molar-refractivity contribution in [2.75, 3.05) is 0 Å². The Morgan fingerprint density at radius 1 is 1.07 bits per heavy atom. The third-order valence-corrected chi connectivity index (χ3v) is 5.35. The van der Waals surface area contributed by atoms with Crippen molar-refractivity contribution < 1.29 is 4.74 Å². The summed E-state index contributed by atoms with van der Waals surface area (Å²) in [5.74, 6) is 0.665. The zero-order valence-corrected chi connectivity index (χ0v) is 19.7.